The first kappa shape index (κ1) is 21.1. The van der Waals surface area contributed by atoms with Crippen LogP contribution in [0.4, 0.5) is 4.79 Å². The molecule has 8 heteroatoms. The van der Waals surface area contributed by atoms with Crippen molar-refractivity contribution in [2.45, 2.75) is 39.3 Å². The number of fused-ring (bicyclic) bond motifs is 1. The van der Waals surface area contributed by atoms with Crippen LogP contribution in [0.3, 0.4) is 0 Å². The fourth-order valence-corrected chi connectivity index (χ4v) is 3.28. The van der Waals surface area contributed by atoms with Crippen molar-refractivity contribution in [2.24, 2.45) is 0 Å². The van der Waals surface area contributed by atoms with Gasteiger partial charge in [-0.05, 0) is 39.3 Å². The van der Waals surface area contributed by atoms with E-state index >= 15 is 0 Å². The molecule has 0 saturated heterocycles. The van der Waals surface area contributed by atoms with Crippen LogP contribution >= 0.6 is 0 Å². The molecular weight excluding hydrogens is 380 g/mol. The second-order valence-corrected chi connectivity index (χ2v) is 7.55. The molecule has 1 aromatic carbocycles. The van der Waals surface area contributed by atoms with Crippen molar-refractivity contribution in [1.82, 2.24) is 24.6 Å². The minimum absolute atomic E-state index is 0.191. The summed E-state index contributed by atoms with van der Waals surface area (Å²) in [6.07, 6.45) is 5.44. The number of benzene rings is 1. The zero-order valence-corrected chi connectivity index (χ0v) is 17.9. The molecule has 2 aromatic heterocycles. The number of hydrogen-bond acceptors (Lipinski definition) is 5. The van der Waals surface area contributed by atoms with E-state index in [4.69, 9.17) is 4.74 Å². The summed E-state index contributed by atoms with van der Waals surface area (Å²) in [5.74, 6) is 0.448. The van der Waals surface area contributed by atoms with Gasteiger partial charge in [-0.1, -0.05) is 18.2 Å². The first-order chi connectivity index (χ1) is 14.3. The Morgan fingerprint density at radius 2 is 2.20 bits per heavy atom. The van der Waals surface area contributed by atoms with Gasteiger partial charge in [0.25, 0.3) is 5.88 Å². The maximum Gasteiger partial charge on any atom is 0.319 e. The Morgan fingerprint density at radius 1 is 1.43 bits per heavy atom. The summed E-state index contributed by atoms with van der Waals surface area (Å²) in [6, 6.07) is 9.53. The van der Waals surface area contributed by atoms with Crippen LogP contribution in [-0.2, 0) is 0 Å². The third-order valence-corrected chi connectivity index (χ3v) is 4.97. The van der Waals surface area contributed by atoms with E-state index in [9.17, 15) is 10.1 Å². The maximum atomic E-state index is 12.7. The van der Waals surface area contributed by atoms with E-state index in [2.05, 4.69) is 21.4 Å². The topological polar surface area (TPSA) is 95.6 Å². The van der Waals surface area contributed by atoms with Gasteiger partial charge in [0.2, 0.25) is 0 Å². The van der Waals surface area contributed by atoms with Gasteiger partial charge in [-0.25, -0.2) is 14.8 Å². The lowest BCUT2D eigenvalue weighted by molar-refractivity contribution is 0.177. The number of methoxy groups -OCH3 is 1. The molecule has 0 fully saturated rings. The Balaban J connectivity index is 1.93. The Kier molecular flexibility index (Phi) is 5.92. The van der Waals surface area contributed by atoms with Crippen LogP contribution in [0.2, 0.25) is 0 Å². The quantitative estimate of drug-likeness (QED) is 0.672. The second-order valence-electron chi connectivity index (χ2n) is 7.55. The van der Waals surface area contributed by atoms with Gasteiger partial charge in [0.1, 0.15) is 5.54 Å². The molecule has 0 saturated carbocycles. The van der Waals surface area contributed by atoms with Gasteiger partial charge in [0.05, 0.1) is 24.9 Å². The molecule has 1 atom stereocenters. The van der Waals surface area contributed by atoms with Crippen LogP contribution in [-0.4, -0.2) is 44.5 Å². The largest absolute Gasteiger partial charge is 0.478 e. The summed E-state index contributed by atoms with van der Waals surface area (Å²) in [7, 11) is 1.57. The summed E-state index contributed by atoms with van der Waals surface area (Å²) in [6.45, 7) is 7.74. The molecule has 0 spiro atoms. The highest BCUT2D eigenvalue weighted by Crippen LogP contribution is 2.27. The number of nitrogens with zero attached hydrogens (tertiary/aromatic N) is 5. The normalized spacial score (nSPS) is 12.3. The summed E-state index contributed by atoms with van der Waals surface area (Å²) in [5, 5.41) is 12.0. The highest BCUT2D eigenvalue weighted by atomic mass is 16.5. The number of rotatable bonds is 6. The van der Waals surface area contributed by atoms with Crippen molar-refractivity contribution in [2.75, 3.05) is 13.7 Å². The summed E-state index contributed by atoms with van der Waals surface area (Å²) >= 11 is 0. The molecular formula is C22H26N6O2. The molecule has 8 nitrogen and oxygen atoms in total. The summed E-state index contributed by atoms with van der Waals surface area (Å²) in [5.41, 5.74) is 2.32. The van der Waals surface area contributed by atoms with Gasteiger partial charge < -0.3 is 19.4 Å². The number of amides is 2. The lowest BCUT2D eigenvalue weighted by Crippen LogP contribution is -2.49. The molecule has 156 valence electrons. The van der Waals surface area contributed by atoms with Crippen LogP contribution in [0.15, 0.2) is 42.9 Å². The number of hydrogen-bond donors (Lipinski definition) is 1. The van der Waals surface area contributed by atoms with E-state index in [0.717, 1.165) is 16.8 Å². The van der Waals surface area contributed by atoms with E-state index in [0.29, 0.717) is 18.1 Å². The molecule has 0 bridgehead atoms. The van der Waals surface area contributed by atoms with Gasteiger partial charge in [-0.3, -0.25) is 0 Å². The summed E-state index contributed by atoms with van der Waals surface area (Å²) < 4.78 is 7.26. The molecule has 30 heavy (non-hydrogen) atoms. The average molecular weight is 406 g/mol. The Labute approximate surface area is 176 Å². The monoisotopic (exact) mass is 406 g/mol. The highest BCUT2D eigenvalue weighted by Gasteiger charge is 2.26. The maximum absolute atomic E-state index is 12.7. The number of carbonyl (C=O) groups excluding carboxylic acids is 1. The number of carbonyl (C=O) groups is 1. The van der Waals surface area contributed by atoms with E-state index in [1.807, 2.05) is 54.9 Å². The van der Waals surface area contributed by atoms with Crippen LogP contribution in [0.5, 0.6) is 5.88 Å². The smallest absolute Gasteiger partial charge is 0.319 e. The molecule has 3 aromatic rings. The number of aromatic nitrogens is 3. The first-order valence-electron chi connectivity index (χ1n) is 9.77. The molecule has 2 heterocycles. The fraction of sp³-hybridized carbons (Fsp3) is 0.364. The van der Waals surface area contributed by atoms with E-state index in [1.165, 1.54) is 0 Å². The predicted octanol–water partition coefficient (Wildman–Crippen LogP) is 3.80. The van der Waals surface area contributed by atoms with Gasteiger partial charge in [0, 0.05) is 30.7 Å². The molecule has 0 aliphatic heterocycles. The SMILES string of the molecule is CCN(C(=O)NC(C)(C)C#N)C(C)c1cccc(-c2cn3ccnc3c(OC)n2)c1. The van der Waals surface area contributed by atoms with Crippen molar-refractivity contribution < 1.29 is 9.53 Å². The summed E-state index contributed by atoms with van der Waals surface area (Å²) in [4.78, 5) is 23.3. The number of urea groups is 1. The van der Waals surface area contributed by atoms with E-state index in [1.54, 1.807) is 32.1 Å². The third kappa shape index (κ3) is 4.20. The van der Waals surface area contributed by atoms with Gasteiger partial charge >= 0.3 is 6.03 Å². The first-order valence-corrected chi connectivity index (χ1v) is 9.77. The highest BCUT2D eigenvalue weighted by molar-refractivity contribution is 5.76. The van der Waals surface area contributed by atoms with E-state index in [-0.39, 0.29) is 12.1 Å². The molecule has 0 aliphatic rings. The van der Waals surface area contributed by atoms with Gasteiger partial charge in [-0.2, -0.15) is 5.26 Å². The van der Waals surface area contributed by atoms with Crippen LogP contribution in [0, 0.1) is 11.3 Å². The molecule has 0 radical (unpaired) electrons. The van der Waals surface area contributed by atoms with Crippen molar-refractivity contribution >= 4 is 11.7 Å². The number of nitrogens with one attached hydrogen (secondary N) is 1. The Bertz CT molecular complexity index is 1100. The van der Waals surface area contributed by atoms with Crippen molar-refractivity contribution in [3.63, 3.8) is 0 Å². The minimum Gasteiger partial charge on any atom is -0.478 e. The van der Waals surface area contributed by atoms with Crippen molar-refractivity contribution in [3.8, 4) is 23.2 Å². The average Bonchev–Trinajstić information content (AvgIpc) is 3.22. The standard InChI is InChI=1S/C22H26N6O2/c1-6-28(21(29)26-22(3,4)14-23)15(2)16-8-7-9-17(12-16)18-13-27-11-10-24-19(27)20(25-18)30-5/h7-13,15H,6H2,1-5H3,(H,26,29). The zero-order chi connectivity index (χ0) is 21.9. The predicted molar refractivity (Wildman–Crippen MR) is 114 cm³/mol. The second kappa shape index (κ2) is 8.41. The van der Waals surface area contributed by atoms with Crippen LogP contribution in [0.1, 0.15) is 39.3 Å². The number of ether oxygens (including phenoxy) is 1. The number of imidazole rings is 1. The number of nitriles is 1. The fourth-order valence-electron chi connectivity index (χ4n) is 3.28. The molecule has 2 amide bonds. The Hall–Kier alpha value is -3.60. The van der Waals surface area contributed by atoms with Crippen molar-refractivity contribution in [3.05, 3.63) is 48.4 Å². The Morgan fingerprint density at radius 3 is 2.87 bits per heavy atom. The van der Waals surface area contributed by atoms with E-state index < -0.39 is 5.54 Å². The molecule has 0 aliphatic carbocycles. The van der Waals surface area contributed by atoms with Crippen LogP contribution in [0.25, 0.3) is 16.9 Å². The van der Waals surface area contributed by atoms with Gasteiger partial charge in [0.15, 0.2) is 5.65 Å². The lowest BCUT2D eigenvalue weighted by Gasteiger charge is -2.31. The minimum atomic E-state index is -0.938. The lowest BCUT2D eigenvalue weighted by atomic mass is 10.0. The molecule has 3 rings (SSSR count). The molecule has 1 unspecified atom stereocenters. The van der Waals surface area contributed by atoms with Gasteiger partial charge in [-0.15, -0.1) is 0 Å². The van der Waals surface area contributed by atoms with Crippen LogP contribution < -0.4 is 10.1 Å². The zero-order valence-electron chi connectivity index (χ0n) is 17.9. The van der Waals surface area contributed by atoms with Crippen molar-refractivity contribution in [1.29, 1.82) is 5.26 Å². The third-order valence-electron chi connectivity index (χ3n) is 4.97. The molecule has 1 N–H and O–H groups in total.